The Morgan fingerprint density at radius 2 is 2.00 bits per heavy atom. The van der Waals surface area contributed by atoms with Crippen molar-refractivity contribution in [3.8, 4) is 0 Å². The smallest absolute Gasteiger partial charge is 0.144 e. The Labute approximate surface area is 98.8 Å². The summed E-state index contributed by atoms with van der Waals surface area (Å²) in [6, 6.07) is 0. The molecule has 0 bridgehead atoms. The SMILES string of the molecule is CCC1(Nc2nc(C)nc(C)c2Br)CC1. The number of nitrogens with one attached hydrogen (secondary N) is 1. The summed E-state index contributed by atoms with van der Waals surface area (Å²) >= 11 is 3.54. The summed E-state index contributed by atoms with van der Waals surface area (Å²) in [6.07, 6.45) is 3.65. The van der Waals surface area contributed by atoms with E-state index in [2.05, 4.69) is 38.1 Å². The summed E-state index contributed by atoms with van der Waals surface area (Å²) in [4.78, 5) is 8.75. The van der Waals surface area contributed by atoms with E-state index in [9.17, 15) is 0 Å². The molecule has 1 aromatic rings. The first-order chi connectivity index (χ1) is 7.06. The molecule has 1 saturated carbocycles. The second-order valence-electron chi connectivity index (χ2n) is 4.28. The largest absolute Gasteiger partial charge is 0.364 e. The van der Waals surface area contributed by atoms with Crippen LogP contribution < -0.4 is 5.32 Å². The van der Waals surface area contributed by atoms with Gasteiger partial charge in [-0.15, -0.1) is 0 Å². The lowest BCUT2D eigenvalue weighted by Gasteiger charge is -2.17. The minimum Gasteiger partial charge on any atom is -0.364 e. The predicted octanol–water partition coefficient (Wildman–Crippen LogP) is 3.21. The van der Waals surface area contributed by atoms with Crippen LogP contribution in [-0.2, 0) is 0 Å². The Kier molecular flexibility index (Phi) is 2.71. The van der Waals surface area contributed by atoms with Crippen molar-refractivity contribution in [2.24, 2.45) is 0 Å². The quantitative estimate of drug-likeness (QED) is 0.916. The van der Waals surface area contributed by atoms with E-state index < -0.39 is 0 Å². The summed E-state index contributed by atoms with van der Waals surface area (Å²) in [7, 11) is 0. The van der Waals surface area contributed by atoms with Crippen LogP contribution in [0.1, 0.15) is 37.7 Å². The second-order valence-corrected chi connectivity index (χ2v) is 5.07. The molecule has 0 spiro atoms. The zero-order chi connectivity index (χ0) is 11.1. The third-order valence-corrected chi connectivity index (χ3v) is 3.99. The van der Waals surface area contributed by atoms with Crippen LogP contribution in [-0.4, -0.2) is 15.5 Å². The van der Waals surface area contributed by atoms with Gasteiger partial charge in [0.15, 0.2) is 0 Å². The van der Waals surface area contributed by atoms with Crippen molar-refractivity contribution in [2.75, 3.05) is 5.32 Å². The summed E-state index contributed by atoms with van der Waals surface area (Å²) in [6.45, 7) is 6.14. The molecular weight excluding hydrogens is 254 g/mol. The molecule has 1 aliphatic rings. The fourth-order valence-electron chi connectivity index (χ4n) is 1.75. The van der Waals surface area contributed by atoms with Crippen LogP contribution in [0.5, 0.6) is 0 Å². The molecule has 2 rings (SSSR count). The highest BCUT2D eigenvalue weighted by Gasteiger charge is 2.41. The molecule has 1 fully saturated rings. The molecule has 1 N–H and O–H groups in total. The van der Waals surface area contributed by atoms with E-state index in [0.717, 1.165) is 28.2 Å². The fraction of sp³-hybridized carbons (Fsp3) is 0.636. The first-order valence-electron chi connectivity index (χ1n) is 5.35. The highest BCUT2D eigenvalue weighted by Crippen LogP contribution is 2.42. The lowest BCUT2D eigenvalue weighted by Crippen LogP contribution is -2.21. The number of hydrogen-bond donors (Lipinski definition) is 1. The molecule has 1 heterocycles. The van der Waals surface area contributed by atoms with Gasteiger partial charge in [-0.2, -0.15) is 0 Å². The summed E-state index contributed by atoms with van der Waals surface area (Å²) in [5.41, 5.74) is 1.30. The van der Waals surface area contributed by atoms with E-state index in [0.29, 0.717) is 5.54 Å². The third kappa shape index (κ3) is 2.14. The molecule has 1 aromatic heterocycles. The average Bonchev–Trinajstić information content (AvgIpc) is 2.94. The van der Waals surface area contributed by atoms with Gasteiger partial charge in [0.2, 0.25) is 0 Å². The molecule has 0 radical (unpaired) electrons. The van der Waals surface area contributed by atoms with Gasteiger partial charge in [0.05, 0.1) is 10.2 Å². The Balaban J connectivity index is 2.28. The molecule has 4 heteroatoms. The van der Waals surface area contributed by atoms with Crippen molar-refractivity contribution in [3.05, 3.63) is 16.0 Å². The average molecular weight is 270 g/mol. The molecule has 0 aliphatic heterocycles. The Bertz CT molecular complexity index is 386. The van der Waals surface area contributed by atoms with Crippen molar-refractivity contribution in [1.29, 1.82) is 0 Å². The maximum Gasteiger partial charge on any atom is 0.144 e. The van der Waals surface area contributed by atoms with E-state index in [4.69, 9.17) is 0 Å². The first kappa shape index (κ1) is 10.9. The maximum absolute atomic E-state index is 4.44. The highest BCUT2D eigenvalue weighted by molar-refractivity contribution is 9.10. The van der Waals surface area contributed by atoms with E-state index in [1.54, 1.807) is 0 Å². The van der Waals surface area contributed by atoms with Gasteiger partial charge < -0.3 is 5.32 Å². The summed E-state index contributed by atoms with van der Waals surface area (Å²) < 4.78 is 0.993. The van der Waals surface area contributed by atoms with Crippen LogP contribution in [0.4, 0.5) is 5.82 Å². The normalized spacial score (nSPS) is 17.6. The molecule has 0 aromatic carbocycles. The number of aryl methyl sites for hydroxylation is 2. The van der Waals surface area contributed by atoms with E-state index in [-0.39, 0.29) is 0 Å². The van der Waals surface area contributed by atoms with Gasteiger partial charge in [0.25, 0.3) is 0 Å². The second kappa shape index (κ2) is 3.74. The lowest BCUT2D eigenvalue weighted by molar-refractivity contribution is 0.695. The molecule has 15 heavy (non-hydrogen) atoms. The molecular formula is C11H16BrN3. The van der Waals surface area contributed by atoms with Crippen LogP contribution in [0.15, 0.2) is 4.47 Å². The van der Waals surface area contributed by atoms with Gasteiger partial charge in [-0.3, -0.25) is 0 Å². The lowest BCUT2D eigenvalue weighted by atomic mass is 10.2. The standard InChI is InChI=1S/C11H16BrN3/c1-4-11(5-6-11)15-10-9(12)7(2)13-8(3)14-10/h4-6H2,1-3H3,(H,13,14,15). The van der Waals surface area contributed by atoms with Crippen molar-refractivity contribution >= 4 is 21.7 Å². The van der Waals surface area contributed by atoms with Crippen LogP contribution in [0.25, 0.3) is 0 Å². The van der Waals surface area contributed by atoms with Gasteiger partial charge in [0.1, 0.15) is 11.6 Å². The minimum atomic E-state index is 0.301. The van der Waals surface area contributed by atoms with Gasteiger partial charge in [-0.25, -0.2) is 9.97 Å². The zero-order valence-electron chi connectivity index (χ0n) is 9.39. The summed E-state index contributed by atoms with van der Waals surface area (Å²) in [5.74, 6) is 1.77. The van der Waals surface area contributed by atoms with E-state index >= 15 is 0 Å². The number of halogens is 1. The molecule has 0 amide bonds. The third-order valence-electron chi connectivity index (χ3n) is 3.04. The predicted molar refractivity (Wildman–Crippen MR) is 65.1 cm³/mol. The zero-order valence-corrected chi connectivity index (χ0v) is 11.0. The first-order valence-corrected chi connectivity index (χ1v) is 6.14. The topological polar surface area (TPSA) is 37.8 Å². The number of nitrogens with zero attached hydrogens (tertiary/aromatic N) is 2. The van der Waals surface area contributed by atoms with Crippen LogP contribution in [0.3, 0.4) is 0 Å². The van der Waals surface area contributed by atoms with Crippen molar-refractivity contribution in [3.63, 3.8) is 0 Å². The van der Waals surface area contributed by atoms with Gasteiger partial charge >= 0.3 is 0 Å². The van der Waals surface area contributed by atoms with Gasteiger partial charge in [-0.05, 0) is 49.0 Å². The monoisotopic (exact) mass is 269 g/mol. The molecule has 0 saturated heterocycles. The van der Waals surface area contributed by atoms with Crippen molar-refractivity contribution in [1.82, 2.24) is 9.97 Å². The molecule has 3 nitrogen and oxygen atoms in total. The molecule has 0 unspecified atom stereocenters. The number of hydrogen-bond acceptors (Lipinski definition) is 3. The Morgan fingerprint density at radius 1 is 1.33 bits per heavy atom. The summed E-state index contributed by atoms with van der Waals surface area (Å²) in [5, 5.41) is 3.53. The number of anilines is 1. The van der Waals surface area contributed by atoms with E-state index in [1.165, 1.54) is 12.8 Å². The molecule has 1 aliphatic carbocycles. The molecule has 82 valence electrons. The van der Waals surface area contributed by atoms with Crippen LogP contribution in [0, 0.1) is 13.8 Å². The number of rotatable bonds is 3. The van der Waals surface area contributed by atoms with Crippen LogP contribution >= 0.6 is 15.9 Å². The van der Waals surface area contributed by atoms with Crippen molar-refractivity contribution < 1.29 is 0 Å². The highest BCUT2D eigenvalue weighted by atomic mass is 79.9. The van der Waals surface area contributed by atoms with Crippen LogP contribution in [0.2, 0.25) is 0 Å². The van der Waals surface area contributed by atoms with Gasteiger partial charge in [-0.1, -0.05) is 6.92 Å². The number of aromatic nitrogens is 2. The van der Waals surface area contributed by atoms with Crippen molar-refractivity contribution in [2.45, 2.75) is 45.6 Å². The van der Waals surface area contributed by atoms with E-state index in [1.807, 2.05) is 13.8 Å². The minimum absolute atomic E-state index is 0.301. The Hall–Kier alpha value is -0.640. The van der Waals surface area contributed by atoms with Gasteiger partial charge in [0, 0.05) is 5.54 Å². The molecule has 0 atom stereocenters. The Morgan fingerprint density at radius 3 is 2.53 bits per heavy atom. The maximum atomic E-state index is 4.44. The fourth-order valence-corrected chi connectivity index (χ4v) is 2.03.